The van der Waals surface area contributed by atoms with Crippen LogP contribution in [-0.2, 0) is 32.1 Å². The number of nitrogens with one attached hydrogen (secondary N) is 1. The molecule has 5 rings (SSSR count). The van der Waals surface area contributed by atoms with Crippen molar-refractivity contribution in [2.24, 2.45) is 11.8 Å². The number of hydrogen-bond donors (Lipinski definition) is 1. The molecule has 0 spiro atoms. The predicted molar refractivity (Wildman–Crippen MR) is 158 cm³/mol. The molecule has 9 heteroatoms. The van der Waals surface area contributed by atoms with E-state index in [1.54, 1.807) is 23.1 Å². The molecule has 2 aromatic carbocycles. The fourth-order valence-corrected chi connectivity index (χ4v) is 6.66. The molecule has 0 radical (unpaired) electrons. The molecule has 0 bridgehead atoms. The van der Waals surface area contributed by atoms with E-state index in [1.165, 1.54) is 4.90 Å². The molecule has 1 aliphatic heterocycles. The number of nitrogens with zero attached hydrogens (tertiary/aromatic N) is 2. The maximum Gasteiger partial charge on any atom is 0.243 e. The first-order chi connectivity index (χ1) is 19.8. The lowest BCUT2D eigenvalue weighted by molar-refractivity contribution is -0.144. The van der Waals surface area contributed by atoms with Gasteiger partial charge in [-0.05, 0) is 48.9 Å². The van der Waals surface area contributed by atoms with Crippen LogP contribution in [0.25, 0.3) is 0 Å². The van der Waals surface area contributed by atoms with Crippen molar-refractivity contribution in [3.63, 3.8) is 0 Å². The Morgan fingerprint density at radius 2 is 1.61 bits per heavy atom. The molecular formula is C32H35Cl2N3O4. The number of rotatable bonds is 10. The van der Waals surface area contributed by atoms with E-state index in [4.69, 9.17) is 23.2 Å². The molecule has 3 atom stereocenters. The number of carbonyl (C=O) groups is 4. The van der Waals surface area contributed by atoms with Crippen LogP contribution in [0.1, 0.15) is 56.1 Å². The lowest BCUT2D eigenvalue weighted by atomic mass is 9.85. The summed E-state index contributed by atoms with van der Waals surface area (Å²) < 4.78 is 0. The quantitative estimate of drug-likeness (QED) is 0.297. The Morgan fingerprint density at radius 1 is 0.951 bits per heavy atom. The second-order valence-corrected chi connectivity index (χ2v) is 12.0. The number of likely N-dealkylation sites (tertiary alicyclic amines) is 1. The van der Waals surface area contributed by atoms with Crippen molar-refractivity contribution in [3.05, 3.63) is 81.9 Å². The summed E-state index contributed by atoms with van der Waals surface area (Å²) in [6.07, 6.45) is 9.15. The first-order valence-electron chi connectivity index (χ1n) is 14.4. The highest BCUT2D eigenvalue weighted by Crippen LogP contribution is 2.35. The summed E-state index contributed by atoms with van der Waals surface area (Å²) in [5, 5.41) is 4.04. The fraction of sp³-hybridized carbons (Fsp3) is 0.438. The zero-order valence-electron chi connectivity index (χ0n) is 22.9. The van der Waals surface area contributed by atoms with E-state index >= 15 is 0 Å². The maximum absolute atomic E-state index is 14.0. The fourth-order valence-electron chi connectivity index (χ4n) is 6.20. The highest BCUT2D eigenvalue weighted by Gasteiger charge is 2.47. The monoisotopic (exact) mass is 595 g/mol. The van der Waals surface area contributed by atoms with Crippen LogP contribution in [-0.4, -0.2) is 52.1 Å². The van der Waals surface area contributed by atoms with Gasteiger partial charge in [0.05, 0.1) is 11.8 Å². The average Bonchev–Trinajstić information content (AvgIpc) is 3.57. The number of imide groups is 1. The summed E-state index contributed by atoms with van der Waals surface area (Å²) in [7, 11) is 0. The summed E-state index contributed by atoms with van der Waals surface area (Å²) in [6.45, 7) is 0.0676. The number of fused-ring (bicyclic) bond motifs is 1. The SMILES string of the molecule is O=C(NC1CCCC1)C(Cc1ccccc1)N(Cc1ccc(Cl)cc1Cl)C(=O)CCN1C(=O)[C@H]2CC=CC[C@H]2C1=O. The van der Waals surface area contributed by atoms with Crippen LogP contribution in [0.5, 0.6) is 0 Å². The van der Waals surface area contributed by atoms with Gasteiger partial charge in [-0.1, -0.05) is 84.6 Å². The number of hydrogen-bond acceptors (Lipinski definition) is 4. The van der Waals surface area contributed by atoms with E-state index in [0.29, 0.717) is 34.9 Å². The van der Waals surface area contributed by atoms with Crippen molar-refractivity contribution < 1.29 is 19.2 Å². The largest absolute Gasteiger partial charge is 0.352 e. The van der Waals surface area contributed by atoms with E-state index < -0.39 is 6.04 Å². The Hall–Kier alpha value is -3.16. The smallest absolute Gasteiger partial charge is 0.243 e. The highest BCUT2D eigenvalue weighted by molar-refractivity contribution is 6.35. The molecule has 1 saturated carbocycles. The molecule has 1 unspecified atom stereocenters. The Balaban J connectivity index is 1.41. The molecule has 7 nitrogen and oxygen atoms in total. The van der Waals surface area contributed by atoms with E-state index in [2.05, 4.69) is 5.32 Å². The molecule has 41 heavy (non-hydrogen) atoms. The Labute approximate surface area is 250 Å². The van der Waals surface area contributed by atoms with Gasteiger partial charge in [-0.25, -0.2) is 0 Å². The van der Waals surface area contributed by atoms with Gasteiger partial charge in [0.2, 0.25) is 23.6 Å². The summed E-state index contributed by atoms with van der Waals surface area (Å²) >= 11 is 12.7. The van der Waals surface area contributed by atoms with Crippen LogP contribution in [0.3, 0.4) is 0 Å². The normalized spacial score (nSPS) is 21.2. The molecular weight excluding hydrogens is 561 g/mol. The Morgan fingerprint density at radius 3 is 2.24 bits per heavy atom. The van der Waals surface area contributed by atoms with E-state index in [0.717, 1.165) is 31.2 Å². The zero-order chi connectivity index (χ0) is 28.9. The molecule has 4 amide bonds. The second kappa shape index (κ2) is 13.2. The second-order valence-electron chi connectivity index (χ2n) is 11.2. The van der Waals surface area contributed by atoms with Crippen molar-refractivity contribution in [1.82, 2.24) is 15.1 Å². The summed E-state index contributed by atoms with van der Waals surface area (Å²) in [5.74, 6) is -1.69. The van der Waals surface area contributed by atoms with Gasteiger partial charge in [0.25, 0.3) is 0 Å². The van der Waals surface area contributed by atoms with Crippen LogP contribution < -0.4 is 5.32 Å². The van der Waals surface area contributed by atoms with Crippen molar-refractivity contribution >= 4 is 46.8 Å². The Kier molecular flexibility index (Phi) is 9.46. The maximum atomic E-state index is 14.0. The van der Waals surface area contributed by atoms with Crippen molar-refractivity contribution in [3.8, 4) is 0 Å². The average molecular weight is 597 g/mol. The van der Waals surface area contributed by atoms with Crippen LogP contribution in [0.4, 0.5) is 0 Å². The number of amides is 4. The van der Waals surface area contributed by atoms with Crippen molar-refractivity contribution in [2.45, 2.75) is 70.0 Å². The van der Waals surface area contributed by atoms with Crippen LogP contribution in [0.15, 0.2) is 60.7 Å². The summed E-state index contributed by atoms with van der Waals surface area (Å²) in [6, 6.07) is 13.9. The third-order valence-electron chi connectivity index (χ3n) is 8.48. The van der Waals surface area contributed by atoms with Gasteiger partial charge in [0, 0.05) is 42.0 Å². The minimum atomic E-state index is -0.811. The van der Waals surface area contributed by atoms with Gasteiger partial charge in [-0.3, -0.25) is 24.1 Å². The number of carbonyl (C=O) groups excluding carboxylic acids is 4. The molecule has 1 heterocycles. The van der Waals surface area contributed by atoms with E-state index in [1.807, 2.05) is 42.5 Å². The lowest BCUT2D eigenvalue weighted by Gasteiger charge is -2.33. The third kappa shape index (κ3) is 6.84. The highest BCUT2D eigenvalue weighted by atomic mass is 35.5. The first-order valence-corrected chi connectivity index (χ1v) is 15.2. The van der Waals surface area contributed by atoms with Gasteiger partial charge < -0.3 is 10.2 Å². The van der Waals surface area contributed by atoms with Crippen molar-refractivity contribution in [2.75, 3.05) is 6.54 Å². The lowest BCUT2D eigenvalue weighted by Crippen LogP contribution is -2.52. The van der Waals surface area contributed by atoms with Gasteiger partial charge >= 0.3 is 0 Å². The number of allylic oxidation sites excluding steroid dienone is 2. The summed E-state index contributed by atoms with van der Waals surface area (Å²) in [5.41, 5.74) is 1.57. The predicted octanol–water partition coefficient (Wildman–Crippen LogP) is 5.33. The van der Waals surface area contributed by atoms with E-state index in [9.17, 15) is 19.2 Å². The van der Waals surface area contributed by atoms with Gasteiger partial charge in [-0.2, -0.15) is 0 Å². The summed E-state index contributed by atoms with van der Waals surface area (Å²) in [4.78, 5) is 56.7. The molecule has 2 fully saturated rings. The molecule has 0 aromatic heterocycles. The van der Waals surface area contributed by atoms with Gasteiger partial charge in [0.1, 0.15) is 6.04 Å². The first kappa shape index (κ1) is 29.3. The molecule has 3 aliphatic rings. The van der Waals surface area contributed by atoms with Gasteiger partial charge in [-0.15, -0.1) is 0 Å². The Bertz CT molecular complexity index is 1300. The molecule has 1 N–H and O–H groups in total. The number of benzene rings is 2. The molecule has 1 saturated heterocycles. The minimum Gasteiger partial charge on any atom is -0.352 e. The standard InChI is InChI=1S/C32H35Cl2N3O4/c33-23-15-14-22(27(34)19-23)20-37(29(38)16-17-36-31(40)25-12-6-7-13-26(25)32(36)41)28(18-21-8-2-1-3-9-21)30(39)35-24-10-4-5-11-24/h1-3,6-9,14-15,19,24-26,28H,4-5,10-13,16-18,20H2,(H,35,39)/t25-,26+,28?. The van der Waals surface area contributed by atoms with Crippen LogP contribution in [0, 0.1) is 11.8 Å². The van der Waals surface area contributed by atoms with E-state index in [-0.39, 0.29) is 61.0 Å². The van der Waals surface area contributed by atoms with Crippen LogP contribution in [0.2, 0.25) is 10.0 Å². The topological polar surface area (TPSA) is 86.8 Å². The minimum absolute atomic E-state index is 0.0172. The molecule has 2 aromatic rings. The molecule has 2 aliphatic carbocycles. The number of halogens is 2. The molecule has 216 valence electrons. The van der Waals surface area contributed by atoms with Crippen molar-refractivity contribution in [1.29, 1.82) is 0 Å². The van der Waals surface area contributed by atoms with Crippen LogP contribution >= 0.6 is 23.2 Å². The van der Waals surface area contributed by atoms with Gasteiger partial charge in [0.15, 0.2) is 0 Å². The third-order valence-corrected chi connectivity index (χ3v) is 9.06. The zero-order valence-corrected chi connectivity index (χ0v) is 24.4.